The first-order valence-electron chi connectivity index (χ1n) is 8.34. The third-order valence-electron chi connectivity index (χ3n) is 4.22. The molecular weight excluding hydrogens is 358 g/mol. The van der Waals surface area contributed by atoms with Crippen molar-refractivity contribution in [2.45, 2.75) is 0 Å². The lowest BCUT2D eigenvalue weighted by Crippen LogP contribution is -2.54. The SMILES string of the molecule is O=C1NC(=S)N(c2ccccc2)C(=O)/C1=C/c1cccn1-c1ccccc1. The van der Waals surface area contributed by atoms with E-state index in [1.807, 2.05) is 71.4 Å². The van der Waals surface area contributed by atoms with Crippen molar-refractivity contribution in [1.29, 1.82) is 0 Å². The number of para-hydroxylation sites is 2. The van der Waals surface area contributed by atoms with Gasteiger partial charge in [-0.2, -0.15) is 0 Å². The number of nitrogens with one attached hydrogen (secondary N) is 1. The second kappa shape index (κ2) is 7.01. The Bertz CT molecular complexity index is 1060. The molecule has 0 spiro atoms. The Morgan fingerprint density at radius 3 is 2.11 bits per heavy atom. The Morgan fingerprint density at radius 2 is 1.44 bits per heavy atom. The van der Waals surface area contributed by atoms with Gasteiger partial charge in [-0.1, -0.05) is 36.4 Å². The summed E-state index contributed by atoms with van der Waals surface area (Å²) in [4.78, 5) is 26.8. The number of nitrogens with zero attached hydrogens (tertiary/aromatic N) is 2. The second-order valence-electron chi connectivity index (χ2n) is 5.93. The van der Waals surface area contributed by atoms with Gasteiger partial charge in [0.05, 0.1) is 5.69 Å². The first kappa shape index (κ1) is 16.9. The van der Waals surface area contributed by atoms with E-state index in [1.54, 1.807) is 18.2 Å². The van der Waals surface area contributed by atoms with Crippen LogP contribution in [-0.4, -0.2) is 21.5 Å². The van der Waals surface area contributed by atoms with Crippen LogP contribution >= 0.6 is 12.2 Å². The molecule has 2 heterocycles. The zero-order chi connectivity index (χ0) is 18.8. The topological polar surface area (TPSA) is 54.3 Å². The van der Waals surface area contributed by atoms with Crippen LogP contribution in [0.4, 0.5) is 5.69 Å². The third-order valence-corrected chi connectivity index (χ3v) is 4.51. The summed E-state index contributed by atoms with van der Waals surface area (Å²) in [6.45, 7) is 0. The Balaban J connectivity index is 1.75. The first-order chi connectivity index (χ1) is 13.1. The lowest BCUT2D eigenvalue weighted by molar-refractivity contribution is -0.122. The van der Waals surface area contributed by atoms with Crippen molar-refractivity contribution in [3.8, 4) is 5.69 Å². The molecule has 4 rings (SSSR count). The molecule has 2 aromatic carbocycles. The molecule has 1 aromatic heterocycles. The maximum absolute atomic E-state index is 13.0. The standard InChI is InChI=1S/C21H15N3O2S/c25-19-18(14-17-12-7-13-23(17)15-8-3-1-4-9-15)20(26)24(21(27)22-19)16-10-5-2-6-11-16/h1-14H,(H,22,25,27)/b18-14+. The third kappa shape index (κ3) is 3.18. The molecule has 6 heteroatoms. The van der Waals surface area contributed by atoms with Gasteiger partial charge in [0.15, 0.2) is 5.11 Å². The van der Waals surface area contributed by atoms with Crippen molar-refractivity contribution >= 4 is 40.9 Å². The summed E-state index contributed by atoms with van der Waals surface area (Å²) < 4.78 is 1.91. The normalized spacial score (nSPS) is 15.9. The molecule has 1 aliphatic heterocycles. The number of hydrogen-bond donors (Lipinski definition) is 1. The number of benzene rings is 2. The van der Waals surface area contributed by atoms with E-state index in [4.69, 9.17) is 12.2 Å². The molecule has 1 N–H and O–H groups in total. The monoisotopic (exact) mass is 373 g/mol. The highest BCUT2D eigenvalue weighted by atomic mass is 32.1. The summed E-state index contributed by atoms with van der Waals surface area (Å²) in [5.41, 5.74) is 2.30. The van der Waals surface area contributed by atoms with Crippen LogP contribution in [0.3, 0.4) is 0 Å². The van der Waals surface area contributed by atoms with Gasteiger partial charge in [-0.25, -0.2) is 0 Å². The van der Waals surface area contributed by atoms with Crippen molar-refractivity contribution in [1.82, 2.24) is 9.88 Å². The summed E-state index contributed by atoms with van der Waals surface area (Å²) in [7, 11) is 0. The van der Waals surface area contributed by atoms with Gasteiger partial charge in [0.2, 0.25) is 0 Å². The van der Waals surface area contributed by atoms with E-state index >= 15 is 0 Å². The minimum Gasteiger partial charge on any atom is -0.317 e. The Morgan fingerprint density at radius 1 is 0.815 bits per heavy atom. The van der Waals surface area contributed by atoms with Crippen molar-refractivity contribution in [2.24, 2.45) is 0 Å². The summed E-state index contributed by atoms with van der Waals surface area (Å²) >= 11 is 5.21. The van der Waals surface area contributed by atoms with Gasteiger partial charge in [-0.3, -0.25) is 19.8 Å². The van der Waals surface area contributed by atoms with Crippen molar-refractivity contribution < 1.29 is 9.59 Å². The molecule has 27 heavy (non-hydrogen) atoms. The van der Waals surface area contributed by atoms with Crippen molar-refractivity contribution in [3.63, 3.8) is 0 Å². The Labute approximate surface area is 161 Å². The van der Waals surface area contributed by atoms with E-state index < -0.39 is 11.8 Å². The van der Waals surface area contributed by atoms with Gasteiger partial charge < -0.3 is 4.57 Å². The number of rotatable bonds is 3. The summed E-state index contributed by atoms with van der Waals surface area (Å²) in [6.07, 6.45) is 3.47. The van der Waals surface area contributed by atoms with Gasteiger partial charge >= 0.3 is 0 Å². The molecular formula is C21H15N3O2S. The fraction of sp³-hybridized carbons (Fsp3) is 0. The molecule has 2 amide bonds. The predicted molar refractivity (Wildman–Crippen MR) is 108 cm³/mol. The molecule has 1 saturated heterocycles. The molecule has 1 fully saturated rings. The maximum Gasteiger partial charge on any atom is 0.270 e. The number of carbonyl (C=O) groups excluding carboxylic acids is 2. The van der Waals surface area contributed by atoms with Gasteiger partial charge in [-0.05, 0) is 54.7 Å². The van der Waals surface area contributed by atoms with Crippen molar-refractivity contribution in [3.05, 3.63) is 90.3 Å². The van der Waals surface area contributed by atoms with E-state index in [1.165, 1.54) is 4.90 Å². The second-order valence-corrected chi connectivity index (χ2v) is 6.32. The highest BCUT2D eigenvalue weighted by Crippen LogP contribution is 2.22. The highest BCUT2D eigenvalue weighted by Gasteiger charge is 2.34. The van der Waals surface area contributed by atoms with Crippen LogP contribution in [0.25, 0.3) is 11.8 Å². The summed E-state index contributed by atoms with van der Waals surface area (Å²) in [5, 5.41) is 2.68. The van der Waals surface area contributed by atoms with Crippen LogP contribution in [0.2, 0.25) is 0 Å². The lowest BCUT2D eigenvalue weighted by Gasteiger charge is -2.28. The van der Waals surface area contributed by atoms with E-state index in [0.29, 0.717) is 5.69 Å². The smallest absolute Gasteiger partial charge is 0.270 e. The number of aromatic nitrogens is 1. The molecule has 3 aromatic rings. The van der Waals surface area contributed by atoms with Gasteiger partial charge in [0, 0.05) is 17.6 Å². The average Bonchev–Trinajstić information content (AvgIpc) is 3.15. The number of amides is 2. The zero-order valence-electron chi connectivity index (χ0n) is 14.2. The van der Waals surface area contributed by atoms with Crippen LogP contribution < -0.4 is 10.2 Å². The van der Waals surface area contributed by atoms with Crippen LogP contribution in [-0.2, 0) is 9.59 Å². The van der Waals surface area contributed by atoms with Crippen molar-refractivity contribution in [2.75, 3.05) is 4.90 Å². The molecule has 0 unspecified atom stereocenters. The van der Waals surface area contributed by atoms with Crippen LogP contribution in [0.5, 0.6) is 0 Å². The quantitative estimate of drug-likeness (QED) is 0.435. The first-order valence-corrected chi connectivity index (χ1v) is 8.75. The van der Waals surface area contributed by atoms with E-state index in [2.05, 4.69) is 5.32 Å². The fourth-order valence-corrected chi connectivity index (χ4v) is 3.23. The molecule has 132 valence electrons. The van der Waals surface area contributed by atoms with Gasteiger partial charge in [-0.15, -0.1) is 0 Å². The fourth-order valence-electron chi connectivity index (χ4n) is 2.95. The van der Waals surface area contributed by atoms with E-state index in [-0.39, 0.29) is 10.7 Å². The molecule has 0 saturated carbocycles. The molecule has 0 radical (unpaired) electrons. The number of carbonyl (C=O) groups is 2. The molecule has 5 nitrogen and oxygen atoms in total. The number of hydrogen-bond acceptors (Lipinski definition) is 3. The molecule has 0 atom stereocenters. The largest absolute Gasteiger partial charge is 0.317 e. The van der Waals surface area contributed by atoms with Crippen LogP contribution in [0.15, 0.2) is 84.6 Å². The predicted octanol–water partition coefficient (Wildman–Crippen LogP) is 3.31. The Kier molecular flexibility index (Phi) is 4.40. The van der Waals surface area contributed by atoms with E-state index in [0.717, 1.165) is 11.4 Å². The molecule has 1 aliphatic rings. The minimum atomic E-state index is -0.502. The van der Waals surface area contributed by atoms with E-state index in [9.17, 15) is 9.59 Å². The zero-order valence-corrected chi connectivity index (χ0v) is 15.0. The van der Waals surface area contributed by atoms with Gasteiger partial charge in [0.1, 0.15) is 5.57 Å². The number of thiocarbonyl (C=S) groups is 1. The summed E-state index contributed by atoms with van der Waals surface area (Å²) in [5.74, 6) is -0.950. The van der Waals surface area contributed by atoms with Gasteiger partial charge in [0.25, 0.3) is 11.8 Å². The molecule has 0 bridgehead atoms. The van der Waals surface area contributed by atoms with Crippen LogP contribution in [0, 0.1) is 0 Å². The Hall–Kier alpha value is -3.51. The maximum atomic E-state index is 13.0. The highest BCUT2D eigenvalue weighted by molar-refractivity contribution is 7.80. The van der Waals surface area contributed by atoms with Crippen LogP contribution in [0.1, 0.15) is 5.69 Å². The molecule has 0 aliphatic carbocycles. The average molecular weight is 373 g/mol. The minimum absolute atomic E-state index is 0.0309. The summed E-state index contributed by atoms with van der Waals surface area (Å²) in [6, 6.07) is 22.4. The lowest BCUT2D eigenvalue weighted by atomic mass is 10.1. The number of anilines is 1.